The van der Waals surface area contributed by atoms with Gasteiger partial charge < -0.3 is 9.72 Å². The highest BCUT2D eigenvalue weighted by molar-refractivity contribution is 5.92. The molecule has 0 aliphatic heterocycles. The second kappa shape index (κ2) is 8.20. The van der Waals surface area contributed by atoms with Crippen LogP contribution in [0.5, 0.6) is 5.88 Å². The number of pyridine rings is 1. The lowest BCUT2D eigenvalue weighted by Crippen LogP contribution is -2.20. The topological polar surface area (TPSA) is 89.3 Å². The number of nitrogens with zero attached hydrogens (tertiary/aromatic N) is 3. The predicted molar refractivity (Wildman–Crippen MR) is 126 cm³/mol. The van der Waals surface area contributed by atoms with Crippen molar-refractivity contribution in [3.63, 3.8) is 0 Å². The number of carbonyl (C=O) groups is 1. The Morgan fingerprint density at radius 3 is 2.24 bits per heavy atom. The summed E-state index contributed by atoms with van der Waals surface area (Å²) in [6, 6.07) is 22.7. The molecule has 5 rings (SSSR count). The minimum Gasteiger partial charge on any atom is -0.406 e. The van der Waals surface area contributed by atoms with Crippen LogP contribution in [0.4, 0.5) is 0 Å². The van der Waals surface area contributed by atoms with Crippen LogP contribution in [0.15, 0.2) is 83.8 Å². The van der Waals surface area contributed by atoms with Crippen molar-refractivity contribution in [3.8, 4) is 39.5 Å². The van der Waals surface area contributed by atoms with Crippen molar-refractivity contribution in [3.05, 3.63) is 95.2 Å². The molecule has 0 fully saturated rings. The van der Waals surface area contributed by atoms with Crippen LogP contribution in [0.1, 0.15) is 12.6 Å². The molecule has 0 saturated carbocycles. The summed E-state index contributed by atoms with van der Waals surface area (Å²) >= 11 is 0. The van der Waals surface area contributed by atoms with E-state index in [1.165, 1.54) is 11.3 Å². The number of imidazole rings is 1. The molecule has 7 nitrogen and oxygen atoms in total. The Morgan fingerprint density at radius 2 is 1.61 bits per heavy atom. The van der Waals surface area contributed by atoms with Gasteiger partial charge in [-0.3, -0.25) is 9.78 Å². The number of carbonyl (C=O) groups excluding carboxylic acids is 1. The van der Waals surface area contributed by atoms with E-state index in [1.54, 1.807) is 6.20 Å². The molecule has 0 aliphatic carbocycles. The first-order chi connectivity index (χ1) is 16.0. The predicted octanol–water partition coefficient (Wildman–Crippen LogP) is 4.65. The summed E-state index contributed by atoms with van der Waals surface area (Å²) in [6.07, 6.45) is 1.72. The maximum absolute atomic E-state index is 13.3. The normalized spacial score (nSPS) is 11.0. The van der Waals surface area contributed by atoms with Gasteiger partial charge >= 0.3 is 11.7 Å². The Balaban J connectivity index is 1.94. The zero-order valence-corrected chi connectivity index (χ0v) is 18.1. The van der Waals surface area contributed by atoms with Gasteiger partial charge in [-0.2, -0.15) is 0 Å². The summed E-state index contributed by atoms with van der Waals surface area (Å²) in [5, 5.41) is 0. The molecule has 0 radical (unpaired) electrons. The summed E-state index contributed by atoms with van der Waals surface area (Å²) in [6.45, 7) is 3.20. The first-order valence-corrected chi connectivity index (χ1v) is 10.4. The van der Waals surface area contributed by atoms with Crippen LogP contribution >= 0.6 is 0 Å². The van der Waals surface area contributed by atoms with Crippen LogP contribution in [0, 0.1) is 6.92 Å². The summed E-state index contributed by atoms with van der Waals surface area (Å²) in [4.78, 5) is 37.4. The largest absolute Gasteiger partial charge is 0.406 e. The fraction of sp³-hybridized carbons (Fsp3) is 0.0769. The molecule has 0 spiro atoms. The summed E-state index contributed by atoms with van der Waals surface area (Å²) < 4.78 is 6.84. The molecule has 7 heteroatoms. The Hall–Kier alpha value is -4.52. The van der Waals surface area contributed by atoms with Gasteiger partial charge in [-0.25, -0.2) is 14.2 Å². The van der Waals surface area contributed by atoms with E-state index >= 15 is 0 Å². The van der Waals surface area contributed by atoms with E-state index in [0.29, 0.717) is 22.6 Å². The van der Waals surface area contributed by atoms with Crippen LogP contribution < -0.4 is 10.4 Å². The highest BCUT2D eigenvalue weighted by Gasteiger charge is 2.25. The van der Waals surface area contributed by atoms with Gasteiger partial charge in [-0.15, -0.1) is 0 Å². The van der Waals surface area contributed by atoms with E-state index in [0.717, 1.165) is 22.4 Å². The number of nitrogens with one attached hydrogen (secondary N) is 1. The minimum absolute atomic E-state index is 0.0802. The van der Waals surface area contributed by atoms with Crippen molar-refractivity contribution in [2.45, 2.75) is 13.8 Å². The van der Waals surface area contributed by atoms with Gasteiger partial charge in [0.1, 0.15) is 5.69 Å². The Morgan fingerprint density at radius 1 is 0.939 bits per heavy atom. The van der Waals surface area contributed by atoms with Gasteiger partial charge in [0.05, 0.1) is 5.69 Å². The van der Waals surface area contributed by atoms with Crippen LogP contribution in [-0.4, -0.2) is 25.3 Å². The molecular weight excluding hydrogens is 416 g/mol. The number of aromatic nitrogens is 4. The molecule has 3 heterocycles. The van der Waals surface area contributed by atoms with E-state index in [1.807, 2.05) is 79.7 Å². The molecule has 3 aromatic heterocycles. The highest BCUT2D eigenvalue weighted by atomic mass is 16.5. The molecule has 162 valence electrons. The Labute approximate surface area is 189 Å². The summed E-state index contributed by atoms with van der Waals surface area (Å²) in [5.41, 5.74) is 4.90. The fourth-order valence-corrected chi connectivity index (χ4v) is 3.91. The van der Waals surface area contributed by atoms with Gasteiger partial charge in [0.2, 0.25) is 5.88 Å². The molecule has 0 bridgehead atoms. The molecule has 0 amide bonds. The second-order valence-electron chi connectivity index (χ2n) is 7.62. The van der Waals surface area contributed by atoms with Gasteiger partial charge in [0.15, 0.2) is 5.65 Å². The van der Waals surface area contributed by atoms with Crippen molar-refractivity contribution in [1.82, 2.24) is 19.4 Å². The van der Waals surface area contributed by atoms with Crippen LogP contribution in [-0.2, 0) is 4.79 Å². The third kappa shape index (κ3) is 3.70. The lowest BCUT2D eigenvalue weighted by Gasteiger charge is -2.12. The molecular formula is C26H20N4O3. The van der Waals surface area contributed by atoms with Crippen molar-refractivity contribution in [2.75, 3.05) is 0 Å². The monoisotopic (exact) mass is 436 g/mol. The zero-order valence-electron chi connectivity index (χ0n) is 18.1. The quantitative estimate of drug-likeness (QED) is 0.414. The maximum Gasteiger partial charge on any atom is 0.334 e. The Kier molecular flexibility index (Phi) is 5.06. The lowest BCUT2D eigenvalue weighted by molar-refractivity contribution is -0.132. The number of aryl methyl sites for hydroxylation is 1. The molecule has 5 aromatic rings. The molecule has 0 atom stereocenters. The van der Waals surface area contributed by atoms with E-state index in [2.05, 4.69) is 9.97 Å². The Bertz CT molecular complexity index is 1540. The third-order valence-corrected chi connectivity index (χ3v) is 5.28. The van der Waals surface area contributed by atoms with Crippen LogP contribution in [0.25, 0.3) is 39.3 Å². The van der Waals surface area contributed by atoms with Crippen molar-refractivity contribution < 1.29 is 9.53 Å². The average Bonchev–Trinajstić information content (AvgIpc) is 3.19. The number of rotatable bonds is 4. The summed E-state index contributed by atoms with van der Waals surface area (Å²) in [5.74, 6) is -0.460. The number of ether oxygens (including phenoxy) is 1. The maximum atomic E-state index is 13.3. The number of benzene rings is 2. The number of fused-ring (bicyclic) bond motifs is 1. The van der Waals surface area contributed by atoms with E-state index in [4.69, 9.17) is 9.72 Å². The molecule has 0 unspecified atom stereocenters. The number of hydrogen-bond donors (Lipinski definition) is 1. The molecule has 33 heavy (non-hydrogen) atoms. The number of H-pyrrole nitrogens is 1. The molecule has 2 aromatic carbocycles. The van der Waals surface area contributed by atoms with E-state index in [9.17, 15) is 9.59 Å². The fourth-order valence-electron chi connectivity index (χ4n) is 3.91. The van der Waals surface area contributed by atoms with Crippen LogP contribution in [0.3, 0.4) is 0 Å². The minimum atomic E-state index is -0.540. The van der Waals surface area contributed by atoms with E-state index in [-0.39, 0.29) is 5.88 Å². The van der Waals surface area contributed by atoms with Crippen molar-refractivity contribution in [1.29, 1.82) is 0 Å². The second-order valence-corrected chi connectivity index (χ2v) is 7.62. The van der Waals surface area contributed by atoms with Crippen molar-refractivity contribution >= 4 is 11.6 Å². The first-order valence-electron chi connectivity index (χ1n) is 10.4. The van der Waals surface area contributed by atoms with Gasteiger partial charge in [-0.05, 0) is 30.2 Å². The molecule has 0 aliphatic rings. The highest BCUT2D eigenvalue weighted by Crippen LogP contribution is 2.37. The van der Waals surface area contributed by atoms with Crippen molar-refractivity contribution in [2.24, 2.45) is 0 Å². The van der Waals surface area contributed by atoms with Gasteiger partial charge in [0.25, 0.3) is 0 Å². The molecule has 0 saturated heterocycles. The molecule has 1 N–H and O–H groups in total. The summed E-state index contributed by atoms with van der Waals surface area (Å²) in [7, 11) is 0. The van der Waals surface area contributed by atoms with E-state index < -0.39 is 11.7 Å². The first kappa shape index (κ1) is 20.4. The van der Waals surface area contributed by atoms with Gasteiger partial charge in [0, 0.05) is 29.9 Å². The standard InChI is InChI=1S/C26H20N4O3/c1-16-15-20(13-14-27-16)21-22(18-9-5-3-6-10-18)29-26(32)30-24(21)28-23(25(30)33-17(2)31)19-11-7-4-8-12-19/h3-15H,1-2H3,(H,29,32). The van der Waals surface area contributed by atoms with Crippen LogP contribution in [0.2, 0.25) is 0 Å². The number of aromatic amines is 1. The number of hydrogen-bond acceptors (Lipinski definition) is 5. The zero-order chi connectivity index (χ0) is 22.9. The number of esters is 1. The van der Waals surface area contributed by atoms with Gasteiger partial charge in [-0.1, -0.05) is 60.7 Å². The third-order valence-electron chi connectivity index (χ3n) is 5.28. The smallest absolute Gasteiger partial charge is 0.334 e. The average molecular weight is 436 g/mol. The SMILES string of the molecule is CC(=O)Oc1c(-c2ccccc2)nc2c(-c3ccnc(C)c3)c(-c3ccccc3)[nH]c(=O)n12. The lowest BCUT2D eigenvalue weighted by atomic mass is 10.0.